The molecule has 15 heavy (non-hydrogen) atoms. The Labute approximate surface area is 88.3 Å². The van der Waals surface area contributed by atoms with Crippen LogP contribution in [-0.2, 0) is 6.42 Å². The molecule has 0 radical (unpaired) electrons. The highest BCUT2D eigenvalue weighted by Gasteiger charge is 2.08. The van der Waals surface area contributed by atoms with Crippen LogP contribution in [0.25, 0.3) is 10.9 Å². The molecule has 0 aliphatic heterocycles. The van der Waals surface area contributed by atoms with Gasteiger partial charge in [0.05, 0.1) is 5.52 Å². The van der Waals surface area contributed by atoms with E-state index < -0.39 is 0 Å². The second-order valence-electron chi connectivity index (χ2n) is 3.80. The number of nitrogens with one attached hydrogen (secondary N) is 2. The maximum Gasteiger partial charge on any atom is 0.116 e. The topological polar surface area (TPSA) is 60.9 Å². The Hall–Kier alpha value is -1.55. The summed E-state index contributed by atoms with van der Waals surface area (Å²) in [5, 5.41) is 20.8. The third-order valence-corrected chi connectivity index (χ3v) is 2.62. The molecule has 0 saturated heterocycles. The number of phenols is 1. The van der Waals surface area contributed by atoms with Gasteiger partial charge in [-0.15, -0.1) is 0 Å². The van der Waals surface area contributed by atoms with E-state index in [-0.39, 0.29) is 5.75 Å². The van der Waals surface area contributed by atoms with Gasteiger partial charge in [0.1, 0.15) is 5.75 Å². The molecular weight excluding hydrogens is 190 g/mol. The van der Waals surface area contributed by atoms with Gasteiger partial charge in [0.2, 0.25) is 0 Å². The average molecular weight is 205 g/mol. The minimum absolute atomic E-state index is 0.280. The van der Waals surface area contributed by atoms with Crippen molar-refractivity contribution in [3.63, 3.8) is 0 Å². The van der Waals surface area contributed by atoms with Crippen LogP contribution < -0.4 is 5.32 Å². The molecule has 1 atom stereocenters. The number of aromatic hydroxyl groups is 1. The van der Waals surface area contributed by atoms with Crippen LogP contribution in [0, 0.1) is 0 Å². The highest BCUT2D eigenvalue weighted by atomic mass is 16.3. The van der Waals surface area contributed by atoms with Gasteiger partial charge in [0.15, 0.2) is 0 Å². The molecule has 1 heterocycles. The first-order valence-electron chi connectivity index (χ1n) is 5.04. The first-order chi connectivity index (χ1) is 7.20. The number of aromatic nitrogens is 2. The zero-order valence-corrected chi connectivity index (χ0v) is 8.91. The Balaban J connectivity index is 2.39. The van der Waals surface area contributed by atoms with Gasteiger partial charge in [-0.25, -0.2) is 0 Å². The smallest absolute Gasteiger partial charge is 0.116 e. The van der Waals surface area contributed by atoms with Crippen molar-refractivity contribution in [2.24, 2.45) is 0 Å². The van der Waals surface area contributed by atoms with Crippen molar-refractivity contribution in [2.75, 3.05) is 7.05 Å². The van der Waals surface area contributed by atoms with Gasteiger partial charge in [-0.3, -0.25) is 5.10 Å². The van der Waals surface area contributed by atoms with Crippen molar-refractivity contribution >= 4 is 10.9 Å². The number of H-pyrrole nitrogens is 1. The van der Waals surface area contributed by atoms with Crippen LogP contribution in [0.3, 0.4) is 0 Å². The standard InChI is InChI=1S/C11H15N3O/c1-7(12-2)5-11-9-6-8(15)3-4-10(9)13-14-11/h3-4,6-7,12,15H,5H2,1-2H3,(H,13,14). The summed E-state index contributed by atoms with van der Waals surface area (Å²) in [6.07, 6.45) is 0.871. The van der Waals surface area contributed by atoms with Crippen molar-refractivity contribution in [1.29, 1.82) is 0 Å². The maximum atomic E-state index is 9.41. The summed E-state index contributed by atoms with van der Waals surface area (Å²) in [7, 11) is 1.93. The summed E-state index contributed by atoms with van der Waals surface area (Å²) in [4.78, 5) is 0. The van der Waals surface area contributed by atoms with E-state index in [9.17, 15) is 5.11 Å². The number of benzene rings is 1. The first kappa shape index (κ1) is 9.98. The highest BCUT2D eigenvalue weighted by molar-refractivity contribution is 5.82. The van der Waals surface area contributed by atoms with E-state index in [0.717, 1.165) is 23.0 Å². The summed E-state index contributed by atoms with van der Waals surface area (Å²) >= 11 is 0. The van der Waals surface area contributed by atoms with Crippen LogP contribution in [0.4, 0.5) is 0 Å². The molecule has 0 aliphatic carbocycles. The normalized spacial score (nSPS) is 13.2. The zero-order chi connectivity index (χ0) is 10.8. The quantitative estimate of drug-likeness (QED) is 0.710. The maximum absolute atomic E-state index is 9.41. The molecule has 0 aliphatic rings. The van der Waals surface area contributed by atoms with Crippen molar-refractivity contribution < 1.29 is 5.11 Å². The highest BCUT2D eigenvalue weighted by Crippen LogP contribution is 2.21. The number of likely N-dealkylation sites (N-methyl/N-ethyl adjacent to an activating group) is 1. The molecule has 4 nitrogen and oxygen atoms in total. The number of nitrogens with zero attached hydrogens (tertiary/aromatic N) is 1. The number of aromatic amines is 1. The number of phenolic OH excluding ortho intramolecular Hbond substituents is 1. The molecule has 1 aromatic carbocycles. The fourth-order valence-corrected chi connectivity index (χ4v) is 1.62. The lowest BCUT2D eigenvalue weighted by molar-refractivity contribution is 0.476. The van der Waals surface area contributed by atoms with E-state index in [0.29, 0.717) is 6.04 Å². The second-order valence-corrected chi connectivity index (χ2v) is 3.80. The molecule has 80 valence electrons. The van der Waals surface area contributed by atoms with E-state index in [1.807, 2.05) is 13.1 Å². The summed E-state index contributed by atoms with van der Waals surface area (Å²) in [6, 6.07) is 5.59. The van der Waals surface area contributed by atoms with E-state index >= 15 is 0 Å². The molecule has 1 aromatic heterocycles. The lowest BCUT2D eigenvalue weighted by atomic mass is 10.1. The molecular formula is C11H15N3O. The molecule has 0 spiro atoms. The van der Waals surface area contributed by atoms with E-state index in [4.69, 9.17) is 0 Å². The van der Waals surface area contributed by atoms with Crippen LogP contribution in [0.2, 0.25) is 0 Å². The van der Waals surface area contributed by atoms with E-state index in [1.165, 1.54) is 0 Å². The van der Waals surface area contributed by atoms with Crippen molar-refractivity contribution in [3.05, 3.63) is 23.9 Å². The largest absolute Gasteiger partial charge is 0.508 e. The summed E-state index contributed by atoms with van der Waals surface area (Å²) in [6.45, 7) is 2.11. The molecule has 0 saturated carbocycles. The Bertz CT molecular complexity index is 464. The van der Waals surface area contributed by atoms with E-state index in [1.54, 1.807) is 12.1 Å². The van der Waals surface area contributed by atoms with Gasteiger partial charge < -0.3 is 10.4 Å². The van der Waals surface area contributed by atoms with Gasteiger partial charge >= 0.3 is 0 Å². The Morgan fingerprint density at radius 2 is 2.33 bits per heavy atom. The predicted octanol–water partition coefficient (Wildman–Crippen LogP) is 1.42. The average Bonchev–Trinajstić information content (AvgIpc) is 2.61. The van der Waals surface area contributed by atoms with Gasteiger partial charge in [-0.1, -0.05) is 0 Å². The van der Waals surface area contributed by atoms with Crippen LogP contribution in [0.5, 0.6) is 5.75 Å². The third-order valence-electron chi connectivity index (χ3n) is 2.62. The predicted molar refractivity (Wildman–Crippen MR) is 60.0 cm³/mol. The second kappa shape index (κ2) is 3.90. The van der Waals surface area contributed by atoms with Gasteiger partial charge in [0, 0.05) is 23.5 Å². The fourth-order valence-electron chi connectivity index (χ4n) is 1.62. The molecule has 2 aromatic rings. The third kappa shape index (κ3) is 1.94. The van der Waals surface area contributed by atoms with Crippen LogP contribution >= 0.6 is 0 Å². The number of rotatable bonds is 3. The monoisotopic (exact) mass is 205 g/mol. The van der Waals surface area contributed by atoms with Crippen molar-refractivity contribution in [3.8, 4) is 5.75 Å². The minimum atomic E-state index is 0.280. The van der Waals surface area contributed by atoms with Gasteiger partial charge in [0.25, 0.3) is 0 Å². The number of fused-ring (bicyclic) bond motifs is 1. The first-order valence-corrected chi connectivity index (χ1v) is 5.04. The summed E-state index contributed by atoms with van der Waals surface area (Å²) < 4.78 is 0. The lowest BCUT2D eigenvalue weighted by Crippen LogP contribution is -2.23. The van der Waals surface area contributed by atoms with Crippen molar-refractivity contribution in [1.82, 2.24) is 15.5 Å². The molecule has 1 unspecified atom stereocenters. The molecule has 3 N–H and O–H groups in total. The van der Waals surface area contributed by atoms with Crippen LogP contribution in [0.1, 0.15) is 12.6 Å². The zero-order valence-electron chi connectivity index (χ0n) is 8.91. The van der Waals surface area contributed by atoms with Crippen LogP contribution in [-0.4, -0.2) is 28.4 Å². The Kier molecular flexibility index (Phi) is 2.60. The van der Waals surface area contributed by atoms with E-state index in [2.05, 4.69) is 22.4 Å². The molecule has 0 fully saturated rings. The molecule has 2 rings (SSSR count). The molecule has 4 heteroatoms. The summed E-state index contributed by atoms with van der Waals surface area (Å²) in [5.74, 6) is 0.280. The van der Waals surface area contributed by atoms with Crippen LogP contribution in [0.15, 0.2) is 18.2 Å². The Morgan fingerprint density at radius 3 is 3.07 bits per heavy atom. The molecule has 0 amide bonds. The number of hydrogen-bond donors (Lipinski definition) is 3. The van der Waals surface area contributed by atoms with Gasteiger partial charge in [-0.05, 0) is 32.2 Å². The van der Waals surface area contributed by atoms with Crippen molar-refractivity contribution in [2.45, 2.75) is 19.4 Å². The summed E-state index contributed by atoms with van der Waals surface area (Å²) in [5.41, 5.74) is 1.95. The number of hydrogen-bond acceptors (Lipinski definition) is 3. The SMILES string of the molecule is CNC(C)Cc1[nH]nc2ccc(O)cc12. The van der Waals surface area contributed by atoms with Gasteiger partial charge in [-0.2, -0.15) is 5.10 Å². The Morgan fingerprint density at radius 1 is 1.53 bits per heavy atom. The minimum Gasteiger partial charge on any atom is -0.508 e. The lowest BCUT2D eigenvalue weighted by Gasteiger charge is -2.07. The fraction of sp³-hybridized carbons (Fsp3) is 0.364. The molecule has 0 bridgehead atoms.